The Hall–Kier alpha value is -3.90. The van der Waals surface area contributed by atoms with E-state index < -0.39 is 12.1 Å². The number of hydrogen-bond donors (Lipinski definition) is 2. The first-order valence-electron chi connectivity index (χ1n) is 13.1. The van der Waals surface area contributed by atoms with Crippen molar-refractivity contribution >= 4 is 11.8 Å². The normalized spacial score (nSPS) is 19.4. The second-order valence-electron chi connectivity index (χ2n) is 10.1. The van der Waals surface area contributed by atoms with Gasteiger partial charge in [-0.2, -0.15) is 0 Å². The summed E-state index contributed by atoms with van der Waals surface area (Å²) in [4.78, 5) is 25.6. The number of esters is 1. The van der Waals surface area contributed by atoms with Gasteiger partial charge >= 0.3 is 5.97 Å². The number of carbonyl (C=O) groups is 2. The fraction of sp³-hybridized carbons (Fsp3) is 0.312. The Morgan fingerprint density at radius 2 is 1.76 bits per heavy atom. The summed E-state index contributed by atoms with van der Waals surface area (Å²) in [7, 11) is 0. The van der Waals surface area contributed by atoms with Crippen molar-refractivity contribution < 1.29 is 29.3 Å². The zero-order chi connectivity index (χ0) is 27.2. The molecule has 3 atom stereocenters. The lowest BCUT2D eigenvalue weighted by Gasteiger charge is -2.30. The largest absolute Gasteiger partial charge is 0.507 e. The van der Waals surface area contributed by atoms with Gasteiger partial charge in [-0.15, -0.1) is 0 Å². The number of ketones is 1. The van der Waals surface area contributed by atoms with Crippen molar-refractivity contribution in [3.8, 4) is 28.4 Å². The van der Waals surface area contributed by atoms with Crippen LogP contribution >= 0.6 is 0 Å². The summed E-state index contributed by atoms with van der Waals surface area (Å²) < 4.78 is 11.7. The van der Waals surface area contributed by atoms with Crippen molar-refractivity contribution in [2.75, 3.05) is 0 Å². The first kappa shape index (κ1) is 27.1. The van der Waals surface area contributed by atoms with Gasteiger partial charge in [-0.25, -0.2) is 4.79 Å². The molecule has 6 heteroatoms. The molecule has 6 nitrogen and oxygen atoms in total. The Bertz CT molecular complexity index is 1310. The minimum Gasteiger partial charge on any atom is -0.507 e. The van der Waals surface area contributed by atoms with E-state index in [0.717, 1.165) is 19.3 Å². The number of carbonyl (C=O) groups excluding carboxylic acids is 2. The van der Waals surface area contributed by atoms with Gasteiger partial charge in [0.2, 0.25) is 0 Å². The third-order valence-electron chi connectivity index (χ3n) is 6.83. The number of hydrogen-bond acceptors (Lipinski definition) is 6. The van der Waals surface area contributed by atoms with Gasteiger partial charge in [-0.05, 0) is 56.4 Å². The van der Waals surface area contributed by atoms with Crippen LogP contribution in [0.5, 0.6) is 17.2 Å². The second-order valence-corrected chi connectivity index (χ2v) is 10.1. The molecule has 1 aliphatic rings. The fourth-order valence-electron chi connectivity index (χ4n) is 4.81. The predicted molar refractivity (Wildman–Crippen MR) is 146 cm³/mol. The summed E-state index contributed by atoms with van der Waals surface area (Å²) in [6.07, 6.45) is 5.24. The standard InChI is InChI=1S/C32H34O6/c1-20(2)37-32-25(24-15-17-26(27(33)19-24)31(36)22-10-5-4-6-11-22)13-8-14-28(32)38-29(34)18-16-23-12-7-9-21(3)30(23)35/h4-6,8,10-11,13-21,23,30,33,35H,7,9,12H2,1-3H3. The molecule has 0 aromatic heterocycles. The molecule has 3 aromatic carbocycles. The van der Waals surface area contributed by atoms with Crippen LogP contribution in [0.2, 0.25) is 0 Å². The van der Waals surface area contributed by atoms with E-state index in [1.165, 1.54) is 12.1 Å². The van der Waals surface area contributed by atoms with E-state index in [1.807, 2.05) is 26.8 Å². The summed E-state index contributed by atoms with van der Waals surface area (Å²) in [6.45, 7) is 5.76. The predicted octanol–water partition coefficient (Wildman–Crippen LogP) is 6.34. The van der Waals surface area contributed by atoms with E-state index in [-0.39, 0.29) is 40.8 Å². The Morgan fingerprint density at radius 3 is 2.47 bits per heavy atom. The van der Waals surface area contributed by atoms with Gasteiger partial charge in [-0.3, -0.25) is 4.79 Å². The van der Waals surface area contributed by atoms with Crippen LogP contribution in [0.3, 0.4) is 0 Å². The van der Waals surface area contributed by atoms with Crippen molar-refractivity contribution in [3.05, 3.63) is 90.0 Å². The van der Waals surface area contributed by atoms with Crippen molar-refractivity contribution in [2.24, 2.45) is 11.8 Å². The number of aliphatic hydroxyl groups excluding tert-OH is 1. The minimum absolute atomic E-state index is 0.0795. The number of aliphatic hydroxyl groups is 1. The molecule has 0 radical (unpaired) electrons. The van der Waals surface area contributed by atoms with E-state index in [4.69, 9.17) is 9.47 Å². The molecule has 0 saturated heterocycles. The highest BCUT2D eigenvalue weighted by molar-refractivity contribution is 6.11. The van der Waals surface area contributed by atoms with Gasteiger partial charge in [0.15, 0.2) is 17.3 Å². The summed E-state index contributed by atoms with van der Waals surface area (Å²) in [5, 5.41) is 21.2. The molecule has 2 N–H and O–H groups in total. The van der Waals surface area contributed by atoms with Gasteiger partial charge in [0.1, 0.15) is 5.75 Å². The van der Waals surface area contributed by atoms with Crippen LogP contribution in [0.15, 0.2) is 78.9 Å². The molecule has 0 heterocycles. The van der Waals surface area contributed by atoms with Gasteiger partial charge in [0, 0.05) is 23.1 Å². The first-order chi connectivity index (χ1) is 18.2. The molecule has 198 valence electrons. The highest BCUT2D eigenvalue weighted by Gasteiger charge is 2.27. The van der Waals surface area contributed by atoms with Gasteiger partial charge in [-0.1, -0.05) is 68.0 Å². The van der Waals surface area contributed by atoms with Gasteiger partial charge in [0.25, 0.3) is 0 Å². The lowest BCUT2D eigenvalue weighted by molar-refractivity contribution is -0.129. The first-order valence-corrected chi connectivity index (χ1v) is 13.1. The Balaban J connectivity index is 1.60. The molecule has 4 rings (SSSR count). The smallest absolute Gasteiger partial charge is 0.335 e. The van der Waals surface area contributed by atoms with Crippen LogP contribution in [0.4, 0.5) is 0 Å². The molecular formula is C32H34O6. The molecule has 1 saturated carbocycles. The van der Waals surface area contributed by atoms with Crippen LogP contribution in [0, 0.1) is 11.8 Å². The van der Waals surface area contributed by atoms with E-state index in [9.17, 15) is 19.8 Å². The van der Waals surface area contributed by atoms with E-state index in [2.05, 4.69) is 0 Å². The van der Waals surface area contributed by atoms with Crippen molar-refractivity contribution in [1.29, 1.82) is 0 Å². The molecule has 1 fully saturated rings. The molecule has 0 aliphatic heterocycles. The summed E-state index contributed by atoms with van der Waals surface area (Å²) in [5.41, 5.74) is 1.89. The van der Waals surface area contributed by atoms with Crippen molar-refractivity contribution in [1.82, 2.24) is 0 Å². The molecule has 38 heavy (non-hydrogen) atoms. The summed E-state index contributed by atoms with van der Waals surface area (Å²) in [5.74, 6) is -0.276. The van der Waals surface area contributed by atoms with Crippen LogP contribution in [-0.4, -0.2) is 34.2 Å². The monoisotopic (exact) mass is 514 g/mol. The SMILES string of the molecule is CC(C)Oc1c(OC(=O)C=CC2CCCC(C)C2O)cccc1-c1ccc(C(=O)c2ccccc2)c(O)c1. The lowest BCUT2D eigenvalue weighted by Crippen LogP contribution is -2.30. The van der Waals surface area contributed by atoms with Crippen LogP contribution in [0.1, 0.15) is 56.0 Å². The van der Waals surface area contributed by atoms with E-state index in [1.54, 1.807) is 60.7 Å². The maximum atomic E-state index is 12.9. The molecule has 0 amide bonds. The average molecular weight is 515 g/mol. The Labute approximate surface area is 223 Å². The Morgan fingerprint density at radius 1 is 1.00 bits per heavy atom. The number of phenols is 1. The molecule has 1 aliphatic carbocycles. The third kappa shape index (κ3) is 6.32. The number of aromatic hydroxyl groups is 1. The fourth-order valence-corrected chi connectivity index (χ4v) is 4.81. The van der Waals surface area contributed by atoms with Crippen LogP contribution in [0.25, 0.3) is 11.1 Å². The highest BCUT2D eigenvalue weighted by Crippen LogP contribution is 2.41. The zero-order valence-electron chi connectivity index (χ0n) is 22.0. The minimum atomic E-state index is -0.562. The number of rotatable bonds is 8. The number of phenolic OH excluding ortho intramolecular Hbond substituents is 1. The van der Waals surface area contributed by atoms with Crippen molar-refractivity contribution in [2.45, 2.75) is 52.2 Å². The van der Waals surface area contributed by atoms with Gasteiger partial charge < -0.3 is 19.7 Å². The maximum Gasteiger partial charge on any atom is 0.335 e. The number of ether oxygens (including phenoxy) is 2. The molecular weight excluding hydrogens is 480 g/mol. The lowest BCUT2D eigenvalue weighted by atomic mass is 9.79. The Kier molecular flexibility index (Phi) is 8.64. The topological polar surface area (TPSA) is 93.1 Å². The average Bonchev–Trinajstić information content (AvgIpc) is 2.90. The van der Waals surface area contributed by atoms with E-state index >= 15 is 0 Å². The van der Waals surface area contributed by atoms with Crippen molar-refractivity contribution in [3.63, 3.8) is 0 Å². The third-order valence-corrected chi connectivity index (χ3v) is 6.83. The number of benzene rings is 3. The molecule has 0 bridgehead atoms. The van der Waals surface area contributed by atoms with Gasteiger partial charge in [0.05, 0.1) is 17.8 Å². The summed E-state index contributed by atoms with van der Waals surface area (Å²) >= 11 is 0. The second kappa shape index (κ2) is 12.1. The number of para-hydroxylation sites is 1. The molecule has 0 spiro atoms. The zero-order valence-corrected chi connectivity index (χ0v) is 22.0. The molecule has 3 aromatic rings. The highest BCUT2D eigenvalue weighted by atomic mass is 16.6. The maximum absolute atomic E-state index is 12.9. The molecule has 3 unspecified atom stereocenters. The van der Waals surface area contributed by atoms with Crippen LogP contribution < -0.4 is 9.47 Å². The van der Waals surface area contributed by atoms with E-state index in [0.29, 0.717) is 22.4 Å². The van der Waals surface area contributed by atoms with Crippen LogP contribution in [-0.2, 0) is 4.79 Å². The quantitative estimate of drug-likeness (QED) is 0.158. The summed E-state index contributed by atoms with van der Waals surface area (Å²) in [6, 6.07) is 18.8.